The lowest BCUT2D eigenvalue weighted by Gasteiger charge is -2.03. The Morgan fingerprint density at radius 1 is 0.893 bits per heavy atom. The van der Waals surface area contributed by atoms with Crippen molar-refractivity contribution in [2.75, 3.05) is 6.26 Å². The number of nitrogens with zero attached hydrogens (tertiary/aromatic N) is 2. The van der Waals surface area contributed by atoms with Crippen molar-refractivity contribution >= 4 is 16.3 Å². The lowest BCUT2D eigenvalue weighted by atomic mass is 10.0. The van der Waals surface area contributed by atoms with Crippen molar-refractivity contribution in [1.82, 2.24) is 4.57 Å². The highest BCUT2D eigenvalue weighted by atomic mass is 32.2. The van der Waals surface area contributed by atoms with Crippen LogP contribution >= 0.6 is 0 Å². The smallest absolute Gasteiger partial charge is 0.248 e. The molecule has 0 radical (unpaired) electrons. The van der Waals surface area contributed by atoms with Crippen molar-refractivity contribution in [3.63, 3.8) is 0 Å². The fourth-order valence-corrected chi connectivity index (χ4v) is 3.14. The molecule has 0 saturated carbocycles. The topological polar surface area (TPSA) is 66.0 Å². The predicted molar refractivity (Wildman–Crippen MR) is 117 cm³/mol. The van der Waals surface area contributed by atoms with E-state index in [2.05, 4.69) is 36.8 Å². The van der Waals surface area contributed by atoms with Gasteiger partial charge in [0.25, 0.3) is 0 Å². The number of aromatic nitrogens is 2. The van der Waals surface area contributed by atoms with Gasteiger partial charge in [0.2, 0.25) is 6.33 Å². The van der Waals surface area contributed by atoms with E-state index in [-0.39, 0.29) is 0 Å². The molecule has 6 heteroatoms. The number of hydrogen-bond acceptors (Lipinski definition) is 3. The third kappa shape index (κ3) is 21.2. The van der Waals surface area contributed by atoms with Crippen molar-refractivity contribution < 1.29 is 17.5 Å². The Morgan fingerprint density at radius 3 is 1.64 bits per heavy atom. The van der Waals surface area contributed by atoms with Crippen LogP contribution in [0.3, 0.4) is 0 Å². The summed E-state index contributed by atoms with van der Waals surface area (Å²) >= 11 is 0. The summed E-state index contributed by atoms with van der Waals surface area (Å²) in [5.41, 5.74) is 0. The van der Waals surface area contributed by atoms with Crippen LogP contribution in [0.4, 0.5) is 0 Å². The highest BCUT2D eigenvalue weighted by Gasteiger charge is 2.00. The molecule has 0 fully saturated rings. The molecule has 0 bridgehead atoms. The quantitative estimate of drug-likeness (QED) is 0.203. The van der Waals surface area contributed by atoms with E-state index in [4.69, 9.17) is 13.0 Å². The molecular weight excluding hydrogens is 372 g/mol. The van der Waals surface area contributed by atoms with E-state index in [1.54, 1.807) is 0 Å². The number of rotatable bonds is 16. The average molecular weight is 415 g/mol. The molecule has 0 aromatic carbocycles. The van der Waals surface area contributed by atoms with Crippen molar-refractivity contribution in [2.45, 2.75) is 103 Å². The van der Waals surface area contributed by atoms with Crippen LogP contribution in [0.2, 0.25) is 0 Å². The zero-order chi connectivity index (χ0) is 21.1. The molecule has 0 spiro atoms. The van der Waals surface area contributed by atoms with E-state index >= 15 is 0 Å². The summed E-state index contributed by atoms with van der Waals surface area (Å²) in [5, 5.41) is 0. The molecule has 28 heavy (non-hydrogen) atoms. The van der Waals surface area contributed by atoms with Crippen LogP contribution in [0, 0.1) is 0 Å². The fraction of sp³-hybridized carbons (Fsp3) is 0.773. The number of unbranched alkanes of at least 4 members (excludes halogenated alkanes) is 13. The van der Waals surface area contributed by atoms with E-state index in [0.29, 0.717) is 6.26 Å². The molecule has 164 valence electrons. The van der Waals surface area contributed by atoms with Gasteiger partial charge in [-0.05, 0) is 12.8 Å². The second-order valence-electron chi connectivity index (χ2n) is 7.58. The van der Waals surface area contributed by atoms with Crippen LogP contribution in [0.15, 0.2) is 25.3 Å². The van der Waals surface area contributed by atoms with Gasteiger partial charge in [0.1, 0.15) is 12.4 Å². The Bertz CT molecular complexity index is 574. The predicted octanol–water partition coefficient (Wildman–Crippen LogP) is 5.52. The Hall–Kier alpha value is -1.14. The van der Waals surface area contributed by atoms with Gasteiger partial charge in [-0.25, -0.2) is 17.6 Å². The summed E-state index contributed by atoms with van der Waals surface area (Å²) in [6.07, 6.45) is 28.7. The molecule has 0 saturated heterocycles. The van der Waals surface area contributed by atoms with Crippen LogP contribution in [-0.4, -0.2) is 23.8 Å². The van der Waals surface area contributed by atoms with Gasteiger partial charge in [0, 0.05) is 6.26 Å². The lowest BCUT2D eigenvalue weighted by molar-refractivity contribution is -0.696. The van der Waals surface area contributed by atoms with Gasteiger partial charge in [0.15, 0.2) is 0 Å². The first-order valence-corrected chi connectivity index (χ1v) is 12.8. The Kier molecular flexibility index (Phi) is 17.2. The van der Waals surface area contributed by atoms with Gasteiger partial charge in [-0.15, -0.1) is 0 Å². The van der Waals surface area contributed by atoms with Gasteiger partial charge >= 0.3 is 0 Å². The maximum absolute atomic E-state index is 9.08. The van der Waals surface area contributed by atoms with Crippen molar-refractivity contribution in [2.24, 2.45) is 0 Å². The first-order chi connectivity index (χ1) is 13.4. The molecule has 1 aromatic heterocycles. The summed E-state index contributed by atoms with van der Waals surface area (Å²) < 4.78 is 31.5. The molecule has 0 amide bonds. The van der Waals surface area contributed by atoms with Gasteiger partial charge in [-0.3, -0.25) is 0 Å². The highest BCUT2D eigenvalue weighted by molar-refractivity contribution is 7.84. The number of aryl methyl sites for hydroxylation is 1. The third-order valence-corrected chi connectivity index (χ3v) is 4.69. The summed E-state index contributed by atoms with van der Waals surface area (Å²) in [6, 6.07) is 0. The molecule has 5 nitrogen and oxygen atoms in total. The second kappa shape index (κ2) is 17.9. The zero-order valence-electron chi connectivity index (χ0n) is 18.2. The van der Waals surface area contributed by atoms with E-state index in [1.165, 1.54) is 89.9 Å². The molecule has 1 aromatic rings. The molecule has 0 atom stereocenters. The largest absolute Gasteiger partial charge is 0.748 e. The molecule has 1 rings (SSSR count). The minimum Gasteiger partial charge on any atom is -0.748 e. The number of imidazole rings is 1. The van der Waals surface area contributed by atoms with E-state index < -0.39 is 10.1 Å². The van der Waals surface area contributed by atoms with Crippen LogP contribution in [0.1, 0.15) is 96.8 Å². The summed E-state index contributed by atoms with van der Waals surface area (Å²) in [6.45, 7) is 7.19. The normalized spacial score (nSPS) is 11.1. The second-order valence-corrected chi connectivity index (χ2v) is 8.99. The van der Waals surface area contributed by atoms with Crippen LogP contribution in [0.5, 0.6) is 0 Å². The van der Waals surface area contributed by atoms with Gasteiger partial charge < -0.3 is 4.55 Å². The Morgan fingerprint density at radius 2 is 1.29 bits per heavy atom. The zero-order valence-corrected chi connectivity index (χ0v) is 19.0. The molecule has 0 aliphatic carbocycles. The highest BCUT2D eigenvalue weighted by Crippen LogP contribution is 2.12. The minimum atomic E-state index is -3.92. The SMILES string of the molecule is C=Cn1cc[n+](CCCCCCCCCCCCCCCC)c1.CS(=O)(=O)[O-]. The summed E-state index contributed by atoms with van der Waals surface area (Å²) in [7, 11) is -3.92. The van der Waals surface area contributed by atoms with Crippen LogP contribution < -0.4 is 4.57 Å². The Balaban J connectivity index is 0.00000129. The summed E-state index contributed by atoms with van der Waals surface area (Å²) in [4.78, 5) is 0. The lowest BCUT2D eigenvalue weighted by Crippen LogP contribution is -2.30. The maximum Gasteiger partial charge on any atom is 0.248 e. The Labute approximate surface area is 173 Å². The molecular formula is C22H42N2O3S. The molecule has 0 aliphatic heterocycles. The van der Waals surface area contributed by atoms with Crippen molar-refractivity contribution in [1.29, 1.82) is 0 Å². The first kappa shape index (κ1) is 26.9. The maximum atomic E-state index is 9.08. The molecule has 0 N–H and O–H groups in total. The standard InChI is InChI=1S/C21H39N2.CH4O3S/c1-3-5-6-7-8-9-10-11-12-13-14-15-16-17-18-23-20-19-22(4-2)21-23;1-5(2,3)4/h4,19-21H,2-3,5-18H2,1H3;1H3,(H,2,3,4)/q+1;/p-1. The molecule has 0 aliphatic rings. The fourth-order valence-electron chi connectivity index (χ4n) is 3.14. The van der Waals surface area contributed by atoms with Crippen molar-refractivity contribution in [3.8, 4) is 0 Å². The van der Waals surface area contributed by atoms with Gasteiger partial charge in [-0.2, -0.15) is 0 Å². The van der Waals surface area contributed by atoms with E-state index in [0.717, 1.165) is 6.54 Å². The first-order valence-electron chi connectivity index (χ1n) is 11.0. The van der Waals surface area contributed by atoms with E-state index in [1.807, 2.05) is 10.8 Å². The van der Waals surface area contributed by atoms with Crippen LogP contribution in [0.25, 0.3) is 6.20 Å². The van der Waals surface area contributed by atoms with E-state index in [9.17, 15) is 0 Å². The number of hydrogen-bond donors (Lipinski definition) is 0. The average Bonchev–Trinajstić information content (AvgIpc) is 3.08. The third-order valence-electron chi connectivity index (χ3n) is 4.69. The molecule has 0 unspecified atom stereocenters. The van der Waals surface area contributed by atoms with Gasteiger partial charge in [-0.1, -0.05) is 90.6 Å². The molecule has 1 heterocycles. The van der Waals surface area contributed by atoms with Crippen LogP contribution in [-0.2, 0) is 16.7 Å². The summed E-state index contributed by atoms with van der Waals surface area (Å²) in [5.74, 6) is 0. The minimum absolute atomic E-state index is 0.604. The monoisotopic (exact) mass is 414 g/mol. The van der Waals surface area contributed by atoms with Crippen molar-refractivity contribution in [3.05, 3.63) is 25.3 Å². The van der Waals surface area contributed by atoms with Gasteiger partial charge in [0.05, 0.1) is 22.9 Å².